The van der Waals surface area contributed by atoms with Crippen LogP contribution in [-0.4, -0.2) is 113 Å². The van der Waals surface area contributed by atoms with Gasteiger partial charge >= 0.3 is 5.97 Å². The van der Waals surface area contributed by atoms with Crippen LogP contribution in [0.2, 0.25) is 0 Å². The molecule has 0 bridgehead atoms. The molecule has 12 heteroatoms. The number of carbonyl (C=O) groups excluding carboxylic acids is 1. The van der Waals surface area contributed by atoms with Crippen molar-refractivity contribution in [1.82, 2.24) is 19.8 Å². The molecular weight excluding hydrogens is 594 g/mol. The number of phenolic OH excluding ortho intramolecular Hbond substituents is 1. The van der Waals surface area contributed by atoms with Gasteiger partial charge in [0.1, 0.15) is 11.6 Å². The summed E-state index contributed by atoms with van der Waals surface area (Å²) in [4.78, 5) is 35.8. The fourth-order valence-corrected chi connectivity index (χ4v) is 8.33. The van der Waals surface area contributed by atoms with Crippen LogP contribution in [0.5, 0.6) is 5.75 Å². The van der Waals surface area contributed by atoms with Gasteiger partial charge < -0.3 is 35.7 Å². The van der Waals surface area contributed by atoms with Gasteiger partial charge in [-0.3, -0.25) is 14.7 Å². The van der Waals surface area contributed by atoms with E-state index in [0.29, 0.717) is 49.1 Å². The van der Waals surface area contributed by atoms with Crippen molar-refractivity contribution in [2.45, 2.75) is 57.5 Å². The van der Waals surface area contributed by atoms with Crippen LogP contribution < -0.4 is 15.5 Å². The molecule has 4 fully saturated rings. The summed E-state index contributed by atoms with van der Waals surface area (Å²) in [6.07, 6.45) is 12.5. The molecule has 1 unspecified atom stereocenters. The molecule has 1 spiro atoms. The minimum absolute atomic E-state index is 0.00520. The second kappa shape index (κ2) is 13.1. The molecule has 1 aromatic carbocycles. The lowest BCUT2D eigenvalue weighted by molar-refractivity contribution is -0.151. The number of allylic oxidation sites excluding steroid dienone is 1. The van der Waals surface area contributed by atoms with Crippen molar-refractivity contribution in [2.24, 2.45) is 22.1 Å². The molecule has 1 atom stereocenters. The zero-order valence-electron chi connectivity index (χ0n) is 27.4. The number of nitrogens with two attached hydrogens (primary N) is 1. The lowest BCUT2D eigenvalue weighted by atomic mass is 9.56. The number of phenols is 1. The van der Waals surface area contributed by atoms with Crippen molar-refractivity contribution in [3.05, 3.63) is 54.0 Å². The standard InChI is InChI=1S/C35H47N9O3/c1-2-47-33(46)24-7-9-35(10-8-24)18-25(19-35)41-11-13-42(14-12-41)26-20-39-34(40-21-26)43-15-16-44-27(23-43)22-38-32(37)30(44)17-29(36)28-5-3-4-6-31(28)45/h3-6,17,20-21,24-25,27,36,45H,2,7-16,18-19,22-23H2,1H3,(H2,37,38)/b30-17+,36-29?. The molecule has 2 saturated carbocycles. The van der Waals surface area contributed by atoms with Gasteiger partial charge in [0.25, 0.3) is 0 Å². The Morgan fingerprint density at radius 1 is 1.04 bits per heavy atom. The first-order valence-electron chi connectivity index (χ1n) is 17.2. The summed E-state index contributed by atoms with van der Waals surface area (Å²) in [7, 11) is 0. The number of hydrogen-bond acceptors (Lipinski definition) is 12. The van der Waals surface area contributed by atoms with Crippen LogP contribution in [0.4, 0.5) is 11.6 Å². The molecule has 4 N–H and O–H groups in total. The second-order valence-electron chi connectivity index (χ2n) is 13.8. The number of amidine groups is 1. The van der Waals surface area contributed by atoms with Crippen molar-refractivity contribution in [3.8, 4) is 5.75 Å². The smallest absolute Gasteiger partial charge is 0.308 e. The van der Waals surface area contributed by atoms with E-state index in [1.807, 2.05) is 19.3 Å². The van der Waals surface area contributed by atoms with Crippen molar-refractivity contribution in [3.63, 3.8) is 0 Å². The Morgan fingerprint density at radius 3 is 2.45 bits per heavy atom. The van der Waals surface area contributed by atoms with Gasteiger partial charge in [-0.05, 0) is 69.1 Å². The second-order valence-corrected chi connectivity index (χ2v) is 13.8. The third-order valence-corrected chi connectivity index (χ3v) is 11.1. The molecule has 7 rings (SSSR count). The first-order chi connectivity index (χ1) is 22.8. The molecule has 4 heterocycles. The maximum atomic E-state index is 12.2. The minimum Gasteiger partial charge on any atom is -0.507 e. The predicted octanol–water partition coefficient (Wildman–Crippen LogP) is 3.02. The van der Waals surface area contributed by atoms with Crippen LogP contribution in [0.25, 0.3) is 0 Å². The molecule has 250 valence electrons. The molecule has 5 aliphatic rings. The van der Waals surface area contributed by atoms with E-state index in [0.717, 1.165) is 75.7 Å². The molecule has 2 aliphatic carbocycles. The fourth-order valence-electron chi connectivity index (χ4n) is 8.33. The van der Waals surface area contributed by atoms with E-state index in [1.165, 1.54) is 12.8 Å². The lowest BCUT2D eigenvalue weighted by Gasteiger charge is -2.56. The van der Waals surface area contributed by atoms with E-state index in [9.17, 15) is 9.90 Å². The van der Waals surface area contributed by atoms with E-state index < -0.39 is 0 Å². The summed E-state index contributed by atoms with van der Waals surface area (Å²) in [6, 6.07) is 7.62. The molecular formula is C35H47N9O3. The Hall–Kier alpha value is -4.19. The number of ether oxygens (including phenoxy) is 1. The van der Waals surface area contributed by atoms with Gasteiger partial charge in [0, 0.05) is 57.4 Å². The van der Waals surface area contributed by atoms with E-state index in [4.69, 9.17) is 25.8 Å². The number of anilines is 2. The third-order valence-electron chi connectivity index (χ3n) is 11.1. The van der Waals surface area contributed by atoms with E-state index in [1.54, 1.807) is 30.3 Å². The number of nitrogens with zero attached hydrogens (tertiary/aromatic N) is 7. The van der Waals surface area contributed by atoms with Crippen molar-refractivity contribution < 1.29 is 14.6 Å². The molecule has 47 heavy (non-hydrogen) atoms. The Bertz CT molecular complexity index is 1520. The van der Waals surface area contributed by atoms with Gasteiger partial charge in [-0.15, -0.1) is 0 Å². The van der Waals surface area contributed by atoms with Gasteiger partial charge in [-0.2, -0.15) is 0 Å². The highest BCUT2D eigenvalue weighted by atomic mass is 16.5. The number of aromatic nitrogens is 2. The Balaban J connectivity index is 0.896. The topological polar surface area (TPSA) is 148 Å². The van der Waals surface area contributed by atoms with E-state index in [2.05, 4.69) is 24.6 Å². The number of aromatic hydroxyl groups is 1. The SMILES string of the molecule is CCOC(=O)C1CCC2(CC1)CC(N1CCN(c3cnc(N4CCN5/C(=C/C(=N)c6ccccc6O)C(N)=NCC5C4)nc3)CC1)C2. The van der Waals surface area contributed by atoms with Crippen LogP contribution in [0, 0.1) is 16.7 Å². The van der Waals surface area contributed by atoms with E-state index in [-0.39, 0.29) is 29.4 Å². The third kappa shape index (κ3) is 6.39. The highest BCUT2D eigenvalue weighted by molar-refractivity contribution is 6.13. The Kier molecular flexibility index (Phi) is 8.78. The highest BCUT2D eigenvalue weighted by Crippen LogP contribution is 2.54. The number of rotatable bonds is 7. The number of nitrogens with one attached hydrogen (secondary N) is 1. The Morgan fingerprint density at radius 2 is 1.74 bits per heavy atom. The largest absolute Gasteiger partial charge is 0.507 e. The molecule has 0 amide bonds. The van der Waals surface area contributed by atoms with Gasteiger partial charge in [-0.25, -0.2) is 9.97 Å². The maximum Gasteiger partial charge on any atom is 0.308 e. The summed E-state index contributed by atoms with van der Waals surface area (Å²) in [5.74, 6) is 1.33. The summed E-state index contributed by atoms with van der Waals surface area (Å²) in [6.45, 7) is 9.15. The molecule has 12 nitrogen and oxygen atoms in total. The highest BCUT2D eigenvalue weighted by Gasteiger charge is 2.49. The quantitative estimate of drug-likeness (QED) is 0.305. The number of aliphatic imine (C=N–C) groups is 1. The van der Waals surface area contributed by atoms with Crippen LogP contribution in [0.15, 0.2) is 53.4 Å². The van der Waals surface area contributed by atoms with Gasteiger partial charge in [0.05, 0.1) is 54.6 Å². The lowest BCUT2D eigenvalue weighted by Crippen LogP contribution is -2.58. The molecule has 0 radical (unpaired) electrons. The average Bonchev–Trinajstić information content (AvgIpc) is 3.09. The van der Waals surface area contributed by atoms with Crippen molar-refractivity contribution in [1.29, 1.82) is 5.41 Å². The molecule has 2 aromatic rings. The zero-order chi connectivity index (χ0) is 32.5. The number of benzene rings is 1. The number of fused-ring (bicyclic) bond motifs is 1. The van der Waals surface area contributed by atoms with Crippen LogP contribution >= 0.6 is 0 Å². The number of carbonyl (C=O) groups is 1. The van der Waals surface area contributed by atoms with Gasteiger partial charge in [-0.1, -0.05) is 12.1 Å². The summed E-state index contributed by atoms with van der Waals surface area (Å²) >= 11 is 0. The first kappa shape index (κ1) is 31.4. The predicted molar refractivity (Wildman–Crippen MR) is 182 cm³/mol. The normalized spacial score (nSPS) is 28.9. The molecule has 3 aliphatic heterocycles. The number of piperazine rings is 2. The zero-order valence-corrected chi connectivity index (χ0v) is 27.4. The van der Waals surface area contributed by atoms with Crippen molar-refractivity contribution in [2.75, 3.05) is 68.8 Å². The number of esters is 1. The van der Waals surface area contributed by atoms with Crippen LogP contribution in [0.3, 0.4) is 0 Å². The first-order valence-corrected chi connectivity index (χ1v) is 17.2. The number of para-hydroxylation sites is 1. The van der Waals surface area contributed by atoms with Gasteiger partial charge in [0.2, 0.25) is 5.95 Å². The monoisotopic (exact) mass is 641 g/mol. The molecule has 2 saturated heterocycles. The van der Waals surface area contributed by atoms with Gasteiger partial charge in [0.15, 0.2) is 0 Å². The summed E-state index contributed by atoms with van der Waals surface area (Å²) in [5.41, 5.74) is 9.20. The average molecular weight is 642 g/mol. The molecule has 1 aromatic heterocycles. The summed E-state index contributed by atoms with van der Waals surface area (Å²) in [5, 5.41) is 18.8. The van der Waals surface area contributed by atoms with Crippen LogP contribution in [-0.2, 0) is 9.53 Å². The minimum atomic E-state index is 0.00520. The fraction of sp³-hybridized carbons (Fsp3) is 0.571. The number of hydrogen-bond donors (Lipinski definition) is 3. The van der Waals surface area contributed by atoms with Crippen molar-refractivity contribution >= 4 is 29.2 Å². The van der Waals surface area contributed by atoms with E-state index >= 15 is 0 Å². The van der Waals surface area contributed by atoms with Crippen LogP contribution in [0.1, 0.15) is 51.0 Å². The Labute approximate surface area is 276 Å². The summed E-state index contributed by atoms with van der Waals surface area (Å²) < 4.78 is 5.27. The maximum absolute atomic E-state index is 12.2.